The summed E-state index contributed by atoms with van der Waals surface area (Å²) in [6.45, 7) is 0. The maximum atomic E-state index is 12.4. The lowest BCUT2D eigenvalue weighted by Crippen LogP contribution is -2.06. The molecule has 0 aliphatic rings. The highest BCUT2D eigenvalue weighted by molar-refractivity contribution is 9.10. The van der Waals surface area contributed by atoms with Crippen LogP contribution in [0.25, 0.3) is 0 Å². The summed E-state index contributed by atoms with van der Waals surface area (Å²) in [6.07, 6.45) is 0. The first-order valence-electron chi connectivity index (χ1n) is 5.51. The summed E-state index contributed by atoms with van der Waals surface area (Å²) in [6, 6.07) is 9.33. The molecule has 0 saturated heterocycles. The summed E-state index contributed by atoms with van der Waals surface area (Å²) < 4.78 is 25.5. The van der Waals surface area contributed by atoms with E-state index >= 15 is 0 Å². The van der Waals surface area contributed by atoms with Crippen LogP contribution in [0.4, 0.5) is 5.69 Å². The van der Waals surface area contributed by atoms with Gasteiger partial charge in [-0.1, -0.05) is 45.2 Å². The van der Waals surface area contributed by atoms with Gasteiger partial charge in [0.25, 0.3) is 0 Å². The molecule has 7 heteroatoms. The van der Waals surface area contributed by atoms with E-state index < -0.39 is 9.84 Å². The fourth-order valence-corrected chi connectivity index (χ4v) is 4.60. The minimum atomic E-state index is -3.59. The Labute approximate surface area is 135 Å². The topological polar surface area (TPSA) is 60.2 Å². The Morgan fingerprint density at radius 1 is 1.10 bits per heavy atom. The number of nitrogen functional groups attached to an aromatic ring is 1. The number of benzene rings is 2. The molecule has 2 N–H and O–H groups in total. The van der Waals surface area contributed by atoms with Crippen molar-refractivity contribution in [1.82, 2.24) is 0 Å². The maximum Gasteiger partial charge on any atom is 0.184 e. The highest BCUT2D eigenvalue weighted by Gasteiger charge is 2.20. The standard InChI is InChI=1S/C13H10BrCl2NO2S/c14-11-6-10(17)3-1-8(11)7-20(18,19)13-5-9(15)2-4-12(13)16/h1-6H,7,17H2. The number of anilines is 1. The van der Waals surface area contributed by atoms with Crippen LogP contribution in [0.15, 0.2) is 45.8 Å². The van der Waals surface area contributed by atoms with E-state index in [-0.39, 0.29) is 15.7 Å². The Bertz CT molecular complexity index is 763. The maximum absolute atomic E-state index is 12.4. The first-order chi connectivity index (χ1) is 9.29. The summed E-state index contributed by atoms with van der Waals surface area (Å²) in [5.74, 6) is -0.187. The Balaban J connectivity index is 2.43. The molecular weight excluding hydrogens is 385 g/mol. The molecule has 0 aliphatic carbocycles. The van der Waals surface area contributed by atoms with Gasteiger partial charge in [-0.3, -0.25) is 0 Å². The molecule has 0 amide bonds. The fraction of sp³-hybridized carbons (Fsp3) is 0.0769. The van der Waals surface area contributed by atoms with Gasteiger partial charge in [0.2, 0.25) is 0 Å². The number of nitrogens with two attached hydrogens (primary N) is 1. The molecular formula is C13H10BrCl2NO2S. The van der Waals surface area contributed by atoms with E-state index in [4.69, 9.17) is 28.9 Å². The molecule has 2 aromatic rings. The third-order valence-electron chi connectivity index (χ3n) is 2.65. The predicted octanol–water partition coefficient (Wildman–Crippen LogP) is 4.31. The molecule has 0 heterocycles. The minimum absolute atomic E-state index is 0.0235. The zero-order chi connectivity index (χ0) is 14.9. The number of sulfone groups is 1. The van der Waals surface area contributed by atoms with Crippen molar-refractivity contribution in [3.63, 3.8) is 0 Å². The van der Waals surface area contributed by atoms with Gasteiger partial charge >= 0.3 is 0 Å². The predicted molar refractivity (Wildman–Crippen MR) is 85.9 cm³/mol. The van der Waals surface area contributed by atoms with Crippen LogP contribution in [0.1, 0.15) is 5.56 Å². The normalized spacial score (nSPS) is 11.6. The molecule has 3 nitrogen and oxygen atoms in total. The Morgan fingerprint density at radius 2 is 1.80 bits per heavy atom. The highest BCUT2D eigenvalue weighted by Crippen LogP contribution is 2.30. The van der Waals surface area contributed by atoms with Crippen molar-refractivity contribution in [3.05, 3.63) is 56.5 Å². The van der Waals surface area contributed by atoms with Gasteiger partial charge in [0.05, 0.1) is 15.7 Å². The quantitative estimate of drug-likeness (QED) is 0.789. The molecule has 0 atom stereocenters. The number of hydrogen-bond donors (Lipinski definition) is 1. The monoisotopic (exact) mass is 393 g/mol. The molecule has 106 valence electrons. The van der Waals surface area contributed by atoms with Crippen LogP contribution < -0.4 is 5.73 Å². The van der Waals surface area contributed by atoms with E-state index in [1.807, 2.05) is 0 Å². The van der Waals surface area contributed by atoms with Crippen molar-refractivity contribution in [2.45, 2.75) is 10.6 Å². The second-order valence-corrected chi connectivity index (χ2v) is 7.84. The first kappa shape index (κ1) is 15.6. The molecule has 0 bridgehead atoms. The summed E-state index contributed by atoms with van der Waals surface area (Å²) in [5, 5.41) is 0.477. The van der Waals surface area contributed by atoms with Gasteiger partial charge in [-0.2, -0.15) is 0 Å². The summed E-state index contributed by atoms with van der Waals surface area (Å²) >= 11 is 15.1. The molecule has 0 radical (unpaired) electrons. The fourth-order valence-electron chi connectivity index (χ4n) is 1.68. The molecule has 20 heavy (non-hydrogen) atoms. The Hall–Kier alpha value is -0.750. The van der Waals surface area contributed by atoms with Crippen molar-refractivity contribution < 1.29 is 8.42 Å². The average Bonchev–Trinajstić information content (AvgIpc) is 2.35. The van der Waals surface area contributed by atoms with Crippen LogP contribution in [0.2, 0.25) is 10.0 Å². The van der Waals surface area contributed by atoms with Gasteiger partial charge < -0.3 is 5.73 Å². The molecule has 0 aromatic heterocycles. The van der Waals surface area contributed by atoms with E-state index in [1.54, 1.807) is 24.3 Å². The third kappa shape index (κ3) is 3.47. The number of halogens is 3. The Morgan fingerprint density at radius 3 is 2.45 bits per heavy atom. The summed E-state index contributed by atoms with van der Waals surface area (Å²) in [5.41, 5.74) is 6.79. The highest BCUT2D eigenvalue weighted by atomic mass is 79.9. The molecule has 0 aliphatic heterocycles. The van der Waals surface area contributed by atoms with Crippen LogP contribution >= 0.6 is 39.1 Å². The van der Waals surface area contributed by atoms with Gasteiger partial charge in [0.15, 0.2) is 9.84 Å². The molecule has 2 aromatic carbocycles. The first-order valence-corrected chi connectivity index (χ1v) is 8.71. The van der Waals surface area contributed by atoms with Gasteiger partial charge in [-0.05, 0) is 35.9 Å². The average molecular weight is 395 g/mol. The molecule has 0 unspecified atom stereocenters. The molecule has 2 rings (SSSR count). The van der Waals surface area contributed by atoms with Gasteiger partial charge in [0.1, 0.15) is 0 Å². The second kappa shape index (κ2) is 5.93. The van der Waals surface area contributed by atoms with Gasteiger partial charge in [-0.15, -0.1) is 0 Å². The molecule has 0 saturated carbocycles. The third-order valence-corrected chi connectivity index (χ3v) is 5.76. The van der Waals surface area contributed by atoms with Crippen molar-refractivity contribution in [2.24, 2.45) is 0 Å². The zero-order valence-corrected chi connectivity index (χ0v) is 14.0. The summed E-state index contributed by atoms with van der Waals surface area (Å²) in [7, 11) is -3.59. The van der Waals surface area contributed by atoms with Crippen LogP contribution in [-0.4, -0.2) is 8.42 Å². The van der Waals surface area contributed by atoms with Crippen LogP contribution in [0, 0.1) is 0 Å². The molecule has 0 spiro atoms. The lowest BCUT2D eigenvalue weighted by molar-refractivity contribution is 0.595. The van der Waals surface area contributed by atoms with Gasteiger partial charge in [-0.25, -0.2) is 8.42 Å². The van der Waals surface area contributed by atoms with Crippen LogP contribution in [0.3, 0.4) is 0 Å². The zero-order valence-electron chi connectivity index (χ0n) is 10.1. The Kier molecular flexibility index (Phi) is 4.64. The number of rotatable bonds is 3. The largest absolute Gasteiger partial charge is 0.399 e. The van der Waals surface area contributed by atoms with E-state index in [9.17, 15) is 8.42 Å². The van der Waals surface area contributed by atoms with E-state index in [2.05, 4.69) is 15.9 Å². The second-order valence-electron chi connectivity index (χ2n) is 4.18. The van der Waals surface area contributed by atoms with Crippen LogP contribution in [0.5, 0.6) is 0 Å². The molecule has 0 fully saturated rings. The van der Waals surface area contributed by atoms with Crippen LogP contribution in [-0.2, 0) is 15.6 Å². The smallest absolute Gasteiger partial charge is 0.184 e. The van der Waals surface area contributed by atoms with Crippen molar-refractivity contribution in [1.29, 1.82) is 0 Å². The van der Waals surface area contributed by atoms with Crippen molar-refractivity contribution in [3.8, 4) is 0 Å². The lowest BCUT2D eigenvalue weighted by atomic mass is 10.2. The van der Waals surface area contributed by atoms with Crippen molar-refractivity contribution in [2.75, 3.05) is 5.73 Å². The minimum Gasteiger partial charge on any atom is -0.399 e. The van der Waals surface area contributed by atoms with Crippen molar-refractivity contribution >= 4 is 54.7 Å². The van der Waals surface area contributed by atoms with E-state index in [0.29, 0.717) is 20.7 Å². The lowest BCUT2D eigenvalue weighted by Gasteiger charge is -2.09. The number of hydrogen-bond acceptors (Lipinski definition) is 3. The van der Waals surface area contributed by atoms with E-state index in [0.717, 1.165) is 0 Å². The summed E-state index contributed by atoms with van der Waals surface area (Å²) in [4.78, 5) is 0.0235. The van der Waals surface area contributed by atoms with E-state index in [1.165, 1.54) is 12.1 Å². The van der Waals surface area contributed by atoms with Gasteiger partial charge in [0, 0.05) is 15.2 Å². The SMILES string of the molecule is Nc1ccc(CS(=O)(=O)c2cc(Cl)ccc2Cl)c(Br)c1.